The van der Waals surface area contributed by atoms with Crippen molar-refractivity contribution in [1.82, 2.24) is 9.62 Å². The predicted octanol–water partition coefficient (Wildman–Crippen LogP) is 0.659. The summed E-state index contributed by atoms with van der Waals surface area (Å²) in [5, 5.41) is 3.30. The van der Waals surface area contributed by atoms with Gasteiger partial charge in [0.1, 0.15) is 0 Å². The largest absolute Gasteiger partial charge is 0.303 e. The summed E-state index contributed by atoms with van der Waals surface area (Å²) >= 11 is 0. The van der Waals surface area contributed by atoms with Crippen LogP contribution in [0.15, 0.2) is 0 Å². The Morgan fingerprint density at radius 1 is 1.59 bits per heavy atom. The predicted molar refractivity (Wildman–Crippen MR) is 70.1 cm³/mol. The Morgan fingerprint density at radius 3 is 2.82 bits per heavy atom. The Bertz CT molecular complexity index is 372. The summed E-state index contributed by atoms with van der Waals surface area (Å²) in [6, 6.07) is 0.101. The summed E-state index contributed by atoms with van der Waals surface area (Å²) < 4.78 is 24.5. The van der Waals surface area contributed by atoms with Crippen LogP contribution in [-0.2, 0) is 10.0 Å². The minimum Gasteiger partial charge on any atom is -0.303 e. The standard InChI is InChI=1S/C12H22N2O2S/c1-4-12(5-2)13-9-11-7-6-8-14(10-11)17(3,15)16/h1,11-13H,5-10H2,2-3H3. The molecule has 1 aliphatic rings. The normalized spacial score (nSPS) is 24.2. The molecule has 1 heterocycles. The van der Waals surface area contributed by atoms with E-state index in [-0.39, 0.29) is 6.04 Å². The third kappa shape index (κ3) is 4.66. The molecule has 17 heavy (non-hydrogen) atoms. The number of nitrogens with zero attached hydrogens (tertiary/aromatic N) is 1. The fraction of sp³-hybridized carbons (Fsp3) is 0.833. The third-order valence-electron chi connectivity index (χ3n) is 3.21. The van der Waals surface area contributed by atoms with Gasteiger partial charge in [0.05, 0.1) is 12.3 Å². The molecule has 0 bridgehead atoms. The number of hydrogen-bond donors (Lipinski definition) is 1. The minimum atomic E-state index is -3.04. The molecule has 0 amide bonds. The molecule has 1 rings (SSSR count). The van der Waals surface area contributed by atoms with E-state index in [0.717, 1.165) is 25.8 Å². The fourth-order valence-electron chi connectivity index (χ4n) is 2.12. The Morgan fingerprint density at radius 2 is 2.29 bits per heavy atom. The van der Waals surface area contributed by atoms with Crippen LogP contribution in [0.5, 0.6) is 0 Å². The quantitative estimate of drug-likeness (QED) is 0.737. The first-order valence-electron chi connectivity index (χ1n) is 6.12. The van der Waals surface area contributed by atoms with Crippen LogP contribution in [0, 0.1) is 18.3 Å². The van der Waals surface area contributed by atoms with E-state index in [1.807, 2.05) is 6.92 Å². The van der Waals surface area contributed by atoms with E-state index in [1.54, 1.807) is 4.31 Å². The third-order valence-corrected chi connectivity index (χ3v) is 4.48. The Balaban J connectivity index is 2.43. The molecule has 1 N–H and O–H groups in total. The Hall–Kier alpha value is -0.570. The molecule has 0 spiro atoms. The lowest BCUT2D eigenvalue weighted by molar-refractivity contribution is 0.258. The molecule has 2 unspecified atom stereocenters. The van der Waals surface area contributed by atoms with Crippen LogP contribution in [0.1, 0.15) is 26.2 Å². The van der Waals surface area contributed by atoms with Gasteiger partial charge in [0.2, 0.25) is 10.0 Å². The molecule has 0 aliphatic carbocycles. The summed E-state index contributed by atoms with van der Waals surface area (Å²) in [6.07, 6.45) is 9.56. The highest BCUT2D eigenvalue weighted by Gasteiger charge is 2.25. The van der Waals surface area contributed by atoms with E-state index in [9.17, 15) is 8.42 Å². The SMILES string of the molecule is C#CC(CC)NCC1CCCN(S(C)(=O)=O)C1. The van der Waals surface area contributed by atoms with Gasteiger partial charge in [-0.25, -0.2) is 12.7 Å². The molecule has 98 valence electrons. The second kappa shape index (κ2) is 6.39. The van der Waals surface area contributed by atoms with E-state index in [2.05, 4.69) is 11.2 Å². The van der Waals surface area contributed by atoms with Crippen LogP contribution in [0.4, 0.5) is 0 Å². The monoisotopic (exact) mass is 258 g/mol. The molecule has 4 nitrogen and oxygen atoms in total. The van der Waals surface area contributed by atoms with Gasteiger partial charge in [-0.1, -0.05) is 12.8 Å². The highest BCUT2D eigenvalue weighted by molar-refractivity contribution is 7.88. The Kier molecular flexibility index (Phi) is 5.44. The van der Waals surface area contributed by atoms with Crippen LogP contribution in [0.3, 0.4) is 0 Å². The zero-order valence-corrected chi connectivity index (χ0v) is 11.5. The zero-order chi connectivity index (χ0) is 12.9. The average molecular weight is 258 g/mol. The topological polar surface area (TPSA) is 49.4 Å². The molecule has 5 heteroatoms. The lowest BCUT2D eigenvalue weighted by atomic mass is 9.99. The van der Waals surface area contributed by atoms with Gasteiger partial charge >= 0.3 is 0 Å². The van der Waals surface area contributed by atoms with Gasteiger partial charge in [0.25, 0.3) is 0 Å². The van der Waals surface area contributed by atoms with Crippen LogP contribution in [0.2, 0.25) is 0 Å². The molecule has 0 aromatic carbocycles. The van der Waals surface area contributed by atoms with Crippen molar-refractivity contribution in [3.63, 3.8) is 0 Å². The van der Waals surface area contributed by atoms with Gasteiger partial charge in [-0.15, -0.1) is 6.42 Å². The van der Waals surface area contributed by atoms with Crippen molar-refractivity contribution in [1.29, 1.82) is 0 Å². The zero-order valence-electron chi connectivity index (χ0n) is 10.6. The van der Waals surface area contributed by atoms with E-state index in [0.29, 0.717) is 19.0 Å². The van der Waals surface area contributed by atoms with E-state index >= 15 is 0 Å². The summed E-state index contributed by atoms with van der Waals surface area (Å²) in [4.78, 5) is 0. The van der Waals surface area contributed by atoms with Crippen LogP contribution < -0.4 is 5.32 Å². The molecular weight excluding hydrogens is 236 g/mol. The number of nitrogens with one attached hydrogen (secondary N) is 1. The lowest BCUT2D eigenvalue weighted by Gasteiger charge is -2.31. The van der Waals surface area contributed by atoms with Crippen molar-refractivity contribution < 1.29 is 8.42 Å². The van der Waals surface area contributed by atoms with Crippen LogP contribution in [-0.4, -0.2) is 44.7 Å². The molecule has 0 radical (unpaired) electrons. The van der Waals surface area contributed by atoms with E-state index in [1.165, 1.54) is 6.26 Å². The van der Waals surface area contributed by atoms with Gasteiger partial charge < -0.3 is 5.32 Å². The minimum absolute atomic E-state index is 0.101. The molecule has 0 aromatic rings. The van der Waals surface area contributed by atoms with Crippen molar-refractivity contribution in [3.8, 4) is 12.3 Å². The average Bonchev–Trinajstić information content (AvgIpc) is 2.30. The van der Waals surface area contributed by atoms with Crippen molar-refractivity contribution in [2.24, 2.45) is 5.92 Å². The molecule has 1 saturated heterocycles. The molecule has 2 atom stereocenters. The highest BCUT2D eigenvalue weighted by Crippen LogP contribution is 2.18. The summed E-state index contributed by atoms with van der Waals surface area (Å²) in [7, 11) is -3.04. The summed E-state index contributed by atoms with van der Waals surface area (Å²) in [6.45, 7) is 4.12. The second-order valence-electron chi connectivity index (χ2n) is 4.67. The maximum Gasteiger partial charge on any atom is 0.211 e. The second-order valence-corrected chi connectivity index (χ2v) is 6.65. The lowest BCUT2D eigenvalue weighted by Crippen LogP contribution is -2.43. The fourth-order valence-corrected chi connectivity index (χ4v) is 3.07. The van der Waals surface area contributed by atoms with Crippen molar-refractivity contribution in [2.75, 3.05) is 25.9 Å². The van der Waals surface area contributed by atoms with Crippen LogP contribution >= 0.6 is 0 Å². The maximum atomic E-state index is 11.5. The first kappa shape index (κ1) is 14.5. The number of sulfonamides is 1. The molecule has 0 saturated carbocycles. The first-order chi connectivity index (χ1) is 7.97. The van der Waals surface area contributed by atoms with Gasteiger partial charge in [0, 0.05) is 19.6 Å². The molecule has 0 aromatic heterocycles. The van der Waals surface area contributed by atoms with Gasteiger partial charge in [-0.2, -0.15) is 0 Å². The smallest absolute Gasteiger partial charge is 0.211 e. The summed E-state index contributed by atoms with van der Waals surface area (Å²) in [5.74, 6) is 3.07. The van der Waals surface area contributed by atoms with Crippen LogP contribution in [0.25, 0.3) is 0 Å². The first-order valence-corrected chi connectivity index (χ1v) is 7.96. The number of piperidine rings is 1. The molecule has 1 aliphatic heterocycles. The number of rotatable bonds is 5. The number of hydrogen-bond acceptors (Lipinski definition) is 3. The van der Waals surface area contributed by atoms with E-state index < -0.39 is 10.0 Å². The summed E-state index contributed by atoms with van der Waals surface area (Å²) in [5.41, 5.74) is 0. The van der Waals surface area contributed by atoms with Gasteiger partial charge in [-0.05, 0) is 25.2 Å². The van der Waals surface area contributed by atoms with Gasteiger partial charge in [-0.3, -0.25) is 0 Å². The molecule has 1 fully saturated rings. The Labute approximate surface area is 105 Å². The number of terminal acetylenes is 1. The highest BCUT2D eigenvalue weighted by atomic mass is 32.2. The van der Waals surface area contributed by atoms with Crippen molar-refractivity contribution in [2.45, 2.75) is 32.2 Å². The van der Waals surface area contributed by atoms with Crippen molar-refractivity contribution >= 4 is 10.0 Å². The van der Waals surface area contributed by atoms with Gasteiger partial charge in [0.15, 0.2) is 0 Å². The maximum absolute atomic E-state index is 11.5. The van der Waals surface area contributed by atoms with E-state index in [4.69, 9.17) is 6.42 Å². The molecular formula is C12H22N2O2S. The van der Waals surface area contributed by atoms with Crippen molar-refractivity contribution in [3.05, 3.63) is 0 Å².